The van der Waals surface area contributed by atoms with Gasteiger partial charge in [0.05, 0.1) is 11.9 Å². The maximum absolute atomic E-state index is 12.4. The fraction of sp³-hybridized carbons (Fsp3) is 0.133. The highest BCUT2D eigenvalue weighted by Crippen LogP contribution is 2.18. The molecular formula is C15H11ClN2O3S. The van der Waals surface area contributed by atoms with Gasteiger partial charge < -0.3 is 0 Å². The number of ketones is 1. The topological polar surface area (TPSA) is 71.9 Å². The minimum Gasteiger partial charge on any atom is -0.298 e. The summed E-state index contributed by atoms with van der Waals surface area (Å²) in [6.07, 6.45) is 0. The standard InChI is InChI=1S/C15H11ClN2O3S/c1-8-6-11-13(22-8)17-15(21)18(14(11)20)7-12(19)9-2-4-10(16)5-3-9/h2-6H,7H2,1H3,(H,17,21). The van der Waals surface area contributed by atoms with Gasteiger partial charge in [0, 0.05) is 15.5 Å². The molecule has 2 heterocycles. The average molecular weight is 335 g/mol. The summed E-state index contributed by atoms with van der Waals surface area (Å²) in [5.41, 5.74) is -0.635. The van der Waals surface area contributed by atoms with Crippen LogP contribution in [0.15, 0.2) is 39.9 Å². The molecule has 0 amide bonds. The Kier molecular flexibility index (Phi) is 3.72. The van der Waals surface area contributed by atoms with Crippen molar-refractivity contribution in [2.75, 3.05) is 0 Å². The van der Waals surface area contributed by atoms with Crippen molar-refractivity contribution < 1.29 is 4.79 Å². The number of H-pyrrole nitrogens is 1. The first-order chi connectivity index (χ1) is 10.5. The minimum atomic E-state index is -0.582. The number of rotatable bonds is 3. The van der Waals surface area contributed by atoms with Crippen molar-refractivity contribution in [1.29, 1.82) is 0 Å². The summed E-state index contributed by atoms with van der Waals surface area (Å²) in [4.78, 5) is 40.7. The lowest BCUT2D eigenvalue weighted by Crippen LogP contribution is -2.36. The van der Waals surface area contributed by atoms with Crippen LogP contribution in [0.2, 0.25) is 5.02 Å². The van der Waals surface area contributed by atoms with E-state index in [1.165, 1.54) is 11.3 Å². The van der Waals surface area contributed by atoms with Gasteiger partial charge in [-0.1, -0.05) is 11.6 Å². The third-order valence-electron chi connectivity index (χ3n) is 3.26. The first-order valence-electron chi connectivity index (χ1n) is 6.48. The quantitative estimate of drug-likeness (QED) is 0.748. The molecule has 0 spiro atoms. The lowest BCUT2D eigenvalue weighted by molar-refractivity contribution is 0.0969. The molecule has 0 unspecified atom stereocenters. The first kappa shape index (κ1) is 14.7. The summed E-state index contributed by atoms with van der Waals surface area (Å²) in [6.45, 7) is 1.55. The number of aryl methyl sites for hydroxylation is 1. The number of carbonyl (C=O) groups is 1. The molecule has 0 fully saturated rings. The van der Waals surface area contributed by atoms with E-state index in [1.807, 2.05) is 6.92 Å². The van der Waals surface area contributed by atoms with Gasteiger partial charge in [-0.3, -0.25) is 19.1 Å². The Balaban J connectivity index is 2.03. The largest absolute Gasteiger partial charge is 0.329 e. The molecule has 3 rings (SSSR count). The van der Waals surface area contributed by atoms with E-state index in [2.05, 4.69) is 4.98 Å². The van der Waals surface area contributed by atoms with Crippen LogP contribution in [0.3, 0.4) is 0 Å². The van der Waals surface area contributed by atoms with E-state index in [9.17, 15) is 14.4 Å². The smallest absolute Gasteiger partial charge is 0.298 e. The molecule has 0 saturated carbocycles. The lowest BCUT2D eigenvalue weighted by atomic mass is 10.1. The highest BCUT2D eigenvalue weighted by Gasteiger charge is 2.14. The summed E-state index contributed by atoms with van der Waals surface area (Å²) in [5, 5.41) is 0.938. The van der Waals surface area contributed by atoms with Crippen molar-refractivity contribution in [2.24, 2.45) is 0 Å². The van der Waals surface area contributed by atoms with Gasteiger partial charge in [-0.05, 0) is 37.3 Å². The van der Waals surface area contributed by atoms with Crippen LogP contribution in [-0.2, 0) is 6.54 Å². The van der Waals surface area contributed by atoms with Crippen molar-refractivity contribution in [2.45, 2.75) is 13.5 Å². The Hall–Kier alpha value is -2.18. The van der Waals surface area contributed by atoms with E-state index in [0.29, 0.717) is 20.8 Å². The highest BCUT2D eigenvalue weighted by molar-refractivity contribution is 7.18. The number of benzene rings is 1. The van der Waals surface area contributed by atoms with Crippen molar-refractivity contribution in [1.82, 2.24) is 9.55 Å². The number of hydrogen-bond acceptors (Lipinski definition) is 4. The van der Waals surface area contributed by atoms with E-state index in [0.717, 1.165) is 9.44 Å². The van der Waals surface area contributed by atoms with Crippen molar-refractivity contribution >= 4 is 38.9 Å². The van der Waals surface area contributed by atoms with Gasteiger partial charge in [-0.2, -0.15) is 0 Å². The second-order valence-electron chi connectivity index (χ2n) is 4.85. The van der Waals surface area contributed by atoms with Crippen LogP contribution < -0.4 is 11.2 Å². The highest BCUT2D eigenvalue weighted by atomic mass is 35.5. The number of aromatic nitrogens is 2. The van der Waals surface area contributed by atoms with Crippen LogP contribution in [0.5, 0.6) is 0 Å². The number of hydrogen-bond donors (Lipinski definition) is 1. The van der Waals surface area contributed by atoms with Crippen molar-refractivity contribution in [3.8, 4) is 0 Å². The Morgan fingerprint density at radius 3 is 2.64 bits per heavy atom. The molecule has 3 aromatic rings. The molecule has 1 aromatic carbocycles. The third-order valence-corrected chi connectivity index (χ3v) is 4.48. The fourth-order valence-electron chi connectivity index (χ4n) is 2.18. The van der Waals surface area contributed by atoms with Crippen LogP contribution in [-0.4, -0.2) is 15.3 Å². The molecular weight excluding hydrogens is 324 g/mol. The molecule has 0 atom stereocenters. The number of fused-ring (bicyclic) bond motifs is 1. The first-order valence-corrected chi connectivity index (χ1v) is 7.67. The zero-order valence-corrected chi connectivity index (χ0v) is 13.1. The van der Waals surface area contributed by atoms with Crippen LogP contribution in [0, 0.1) is 6.92 Å². The minimum absolute atomic E-state index is 0.305. The predicted octanol–water partition coefficient (Wildman–Crippen LogP) is 2.60. The molecule has 0 radical (unpaired) electrons. The molecule has 0 bridgehead atoms. The van der Waals surface area contributed by atoms with Crippen LogP contribution in [0.1, 0.15) is 15.2 Å². The SMILES string of the molecule is Cc1cc2c(=O)n(CC(=O)c3ccc(Cl)cc3)c(=O)[nH]c2s1. The normalized spacial score (nSPS) is 11.0. The molecule has 0 aliphatic rings. The average Bonchev–Trinajstić information content (AvgIpc) is 2.84. The molecule has 0 aliphatic carbocycles. The van der Waals surface area contributed by atoms with Crippen molar-refractivity contribution in [3.63, 3.8) is 0 Å². The number of nitrogens with zero attached hydrogens (tertiary/aromatic N) is 1. The van der Waals surface area contributed by atoms with Gasteiger partial charge in [0.25, 0.3) is 5.56 Å². The second kappa shape index (κ2) is 5.55. The number of thiophene rings is 1. The summed E-state index contributed by atoms with van der Waals surface area (Å²) in [5.74, 6) is -0.324. The molecule has 0 saturated heterocycles. The van der Waals surface area contributed by atoms with Crippen LogP contribution in [0.25, 0.3) is 10.2 Å². The molecule has 5 nitrogen and oxygen atoms in total. The molecule has 112 valence electrons. The lowest BCUT2D eigenvalue weighted by Gasteiger charge is -2.04. The summed E-state index contributed by atoms with van der Waals surface area (Å²) < 4.78 is 0.922. The van der Waals surface area contributed by atoms with Crippen LogP contribution in [0.4, 0.5) is 0 Å². The summed E-state index contributed by atoms with van der Waals surface area (Å²) >= 11 is 7.11. The maximum Gasteiger partial charge on any atom is 0.329 e. The molecule has 1 N–H and O–H groups in total. The predicted molar refractivity (Wildman–Crippen MR) is 87.2 cm³/mol. The van der Waals surface area contributed by atoms with Crippen LogP contribution >= 0.6 is 22.9 Å². The number of nitrogens with one attached hydrogen (secondary N) is 1. The van der Waals surface area contributed by atoms with Gasteiger partial charge in [-0.25, -0.2) is 4.79 Å². The third kappa shape index (κ3) is 2.63. The van der Waals surface area contributed by atoms with E-state index in [-0.39, 0.29) is 12.3 Å². The van der Waals surface area contributed by atoms with Gasteiger partial charge in [0.2, 0.25) is 0 Å². The summed E-state index contributed by atoms with van der Waals surface area (Å²) in [6, 6.07) is 8.02. The second-order valence-corrected chi connectivity index (χ2v) is 6.54. The number of carbonyl (C=O) groups excluding carboxylic acids is 1. The Labute approximate surface area is 133 Å². The van der Waals surface area contributed by atoms with Gasteiger partial charge >= 0.3 is 5.69 Å². The van der Waals surface area contributed by atoms with Gasteiger partial charge in [-0.15, -0.1) is 11.3 Å². The Morgan fingerprint density at radius 2 is 1.95 bits per heavy atom. The molecule has 2 aromatic heterocycles. The monoisotopic (exact) mass is 334 g/mol. The van der Waals surface area contributed by atoms with E-state index >= 15 is 0 Å². The maximum atomic E-state index is 12.4. The van der Waals surface area contributed by atoms with Gasteiger partial charge in [0.1, 0.15) is 4.83 Å². The van der Waals surface area contributed by atoms with E-state index in [1.54, 1.807) is 30.3 Å². The Bertz CT molecular complexity index is 983. The molecule has 22 heavy (non-hydrogen) atoms. The number of Topliss-reactive ketones (excluding diaryl/α,β-unsaturated/α-hetero) is 1. The van der Waals surface area contributed by atoms with E-state index in [4.69, 9.17) is 11.6 Å². The van der Waals surface area contributed by atoms with E-state index < -0.39 is 11.2 Å². The van der Waals surface area contributed by atoms with Gasteiger partial charge in [0.15, 0.2) is 5.78 Å². The Morgan fingerprint density at radius 1 is 1.27 bits per heavy atom. The zero-order valence-electron chi connectivity index (χ0n) is 11.6. The summed E-state index contributed by atoms with van der Waals surface area (Å²) in [7, 11) is 0. The fourth-order valence-corrected chi connectivity index (χ4v) is 3.20. The van der Waals surface area contributed by atoms with Crippen molar-refractivity contribution in [3.05, 3.63) is 66.6 Å². The molecule has 0 aliphatic heterocycles. The molecule has 7 heteroatoms. The number of aromatic amines is 1. The number of halogens is 1. The zero-order chi connectivity index (χ0) is 15.9.